The maximum absolute atomic E-state index is 10.4. The Kier molecular flexibility index (Phi) is 2.51. The summed E-state index contributed by atoms with van der Waals surface area (Å²) in [6.45, 7) is 6.67. The molecule has 1 rings (SSSR count). The Morgan fingerprint density at radius 3 is 2.50 bits per heavy atom. The van der Waals surface area contributed by atoms with Gasteiger partial charge in [0.2, 0.25) is 0 Å². The van der Waals surface area contributed by atoms with Crippen LogP contribution < -0.4 is 0 Å². The number of carbonyl (C=O) groups excluding carboxylic acids is 1. The number of hydrogen-bond donors (Lipinski definition) is 0. The standard InChI is InChI=1S/C11H16O/c1-11(2,3)10-6-4-9(8-12)5-7-10/h4-6,8,10H,7H2,1-3H3. The van der Waals surface area contributed by atoms with Crippen LogP contribution in [0.1, 0.15) is 27.2 Å². The van der Waals surface area contributed by atoms with E-state index in [2.05, 4.69) is 26.8 Å². The van der Waals surface area contributed by atoms with E-state index < -0.39 is 0 Å². The molecule has 1 heteroatoms. The van der Waals surface area contributed by atoms with Crippen LogP contribution in [0.2, 0.25) is 0 Å². The fourth-order valence-corrected chi connectivity index (χ4v) is 1.37. The minimum Gasteiger partial charge on any atom is -0.298 e. The van der Waals surface area contributed by atoms with Crippen LogP contribution in [0, 0.1) is 11.3 Å². The Labute approximate surface area is 74.2 Å². The monoisotopic (exact) mass is 164 g/mol. The summed E-state index contributed by atoms with van der Waals surface area (Å²) in [6, 6.07) is 0. The second kappa shape index (κ2) is 3.26. The van der Waals surface area contributed by atoms with Gasteiger partial charge in [0.25, 0.3) is 0 Å². The first-order valence-electron chi connectivity index (χ1n) is 4.37. The van der Waals surface area contributed by atoms with Crippen LogP contribution in [0.25, 0.3) is 0 Å². The second-order valence-corrected chi connectivity index (χ2v) is 4.39. The predicted octanol–water partition coefficient (Wildman–Crippen LogP) is 2.73. The number of hydrogen-bond acceptors (Lipinski definition) is 1. The zero-order valence-corrected chi connectivity index (χ0v) is 8.00. The molecule has 0 N–H and O–H groups in total. The third-order valence-corrected chi connectivity index (χ3v) is 2.38. The first-order chi connectivity index (χ1) is 5.54. The van der Waals surface area contributed by atoms with E-state index >= 15 is 0 Å². The van der Waals surface area contributed by atoms with Gasteiger partial charge < -0.3 is 0 Å². The van der Waals surface area contributed by atoms with Gasteiger partial charge in [0.05, 0.1) is 0 Å². The summed E-state index contributed by atoms with van der Waals surface area (Å²) in [5.41, 5.74) is 1.12. The van der Waals surface area contributed by atoms with Gasteiger partial charge in [-0.15, -0.1) is 0 Å². The highest BCUT2D eigenvalue weighted by Crippen LogP contribution is 2.32. The van der Waals surface area contributed by atoms with Crippen LogP contribution in [-0.4, -0.2) is 6.29 Å². The molecule has 0 spiro atoms. The SMILES string of the molecule is CC(C)(C)C1C=CC(C=O)=CC1. The van der Waals surface area contributed by atoms with E-state index in [-0.39, 0.29) is 0 Å². The van der Waals surface area contributed by atoms with Gasteiger partial charge >= 0.3 is 0 Å². The van der Waals surface area contributed by atoms with Gasteiger partial charge in [-0.1, -0.05) is 39.0 Å². The van der Waals surface area contributed by atoms with Gasteiger partial charge in [-0.2, -0.15) is 0 Å². The van der Waals surface area contributed by atoms with Crippen LogP contribution in [-0.2, 0) is 4.79 Å². The molecule has 0 aromatic rings. The summed E-state index contributed by atoms with van der Waals surface area (Å²) in [5.74, 6) is 0.571. The lowest BCUT2D eigenvalue weighted by Gasteiger charge is -2.28. The Morgan fingerprint density at radius 2 is 2.17 bits per heavy atom. The molecule has 0 fully saturated rings. The second-order valence-electron chi connectivity index (χ2n) is 4.39. The minimum absolute atomic E-state index is 0.307. The van der Waals surface area contributed by atoms with Crippen LogP contribution in [0.4, 0.5) is 0 Å². The van der Waals surface area contributed by atoms with Gasteiger partial charge in [-0.05, 0) is 17.8 Å². The van der Waals surface area contributed by atoms with E-state index in [4.69, 9.17) is 0 Å². The molecule has 0 saturated heterocycles. The highest BCUT2D eigenvalue weighted by molar-refractivity contribution is 5.77. The Morgan fingerprint density at radius 1 is 1.50 bits per heavy atom. The van der Waals surface area contributed by atoms with Gasteiger partial charge in [0.1, 0.15) is 6.29 Å². The normalized spacial score (nSPS) is 23.6. The molecule has 1 aliphatic rings. The summed E-state index contributed by atoms with van der Waals surface area (Å²) < 4.78 is 0. The number of carbonyl (C=O) groups is 1. The van der Waals surface area contributed by atoms with Crippen molar-refractivity contribution in [1.82, 2.24) is 0 Å². The highest BCUT2D eigenvalue weighted by atomic mass is 16.1. The molecule has 0 saturated carbocycles. The van der Waals surface area contributed by atoms with Gasteiger partial charge in [0, 0.05) is 5.57 Å². The number of aldehydes is 1. The van der Waals surface area contributed by atoms with E-state index in [0.29, 0.717) is 11.3 Å². The van der Waals surface area contributed by atoms with E-state index in [1.165, 1.54) is 0 Å². The summed E-state index contributed by atoms with van der Waals surface area (Å²) in [4.78, 5) is 10.4. The molecule has 1 unspecified atom stereocenters. The summed E-state index contributed by atoms with van der Waals surface area (Å²) in [5, 5.41) is 0. The molecular formula is C11H16O. The van der Waals surface area contributed by atoms with Crippen molar-refractivity contribution in [3.63, 3.8) is 0 Å². The zero-order chi connectivity index (χ0) is 9.19. The highest BCUT2D eigenvalue weighted by Gasteiger charge is 2.22. The Bertz CT molecular complexity index is 228. The predicted molar refractivity (Wildman–Crippen MR) is 50.8 cm³/mol. The van der Waals surface area contributed by atoms with E-state index in [0.717, 1.165) is 18.3 Å². The fraction of sp³-hybridized carbons (Fsp3) is 0.545. The van der Waals surface area contributed by atoms with Gasteiger partial charge in [-0.25, -0.2) is 0 Å². The first kappa shape index (κ1) is 9.24. The molecule has 0 heterocycles. The number of rotatable bonds is 1. The van der Waals surface area contributed by atoms with Crippen LogP contribution in [0.3, 0.4) is 0 Å². The van der Waals surface area contributed by atoms with Crippen molar-refractivity contribution in [1.29, 1.82) is 0 Å². The molecule has 0 aromatic carbocycles. The lowest BCUT2D eigenvalue weighted by Crippen LogP contribution is -2.19. The molecule has 1 atom stereocenters. The maximum atomic E-state index is 10.4. The summed E-state index contributed by atoms with van der Waals surface area (Å²) in [6.07, 6.45) is 7.99. The fourth-order valence-electron chi connectivity index (χ4n) is 1.37. The van der Waals surface area contributed by atoms with Crippen molar-refractivity contribution in [2.24, 2.45) is 11.3 Å². The van der Waals surface area contributed by atoms with Crippen LogP contribution >= 0.6 is 0 Å². The first-order valence-corrected chi connectivity index (χ1v) is 4.37. The molecule has 1 nitrogen and oxygen atoms in total. The van der Waals surface area contributed by atoms with Crippen molar-refractivity contribution in [2.75, 3.05) is 0 Å². The Hall–Kier alpha value is -0.850. The lowest BCUT2D eigenvalue weighted by molar-refractivity contribution is -0.104. The topological polar surface area (TPSA) is 17.1 Å². The molecular weight excluding hydrogens is 148 g/mol. The molecule has 0 aliphatic heterocycles. The smallest absolute Gasteiger partial charge is 0.149 e. The molecule has 1 aliphatic carbocycles. The number of allylic oxidation sites excluding steroid dienone is 4. The largest absolute Gasteiger partial charge is 0.298 e. The lowest BCUT2D eigenvalue weighted by atomic mass is 9.76. The summed E-state index contributed by atoms with van der Waals surface area (Å²) in [7, 11) is 0. The average molecular weight is 164 g/mol. The Balaban J connectivity index is 2.66. The van der Waals surface area contributed by atoms with E-state index in [1.807, 2.05) is 12.2 Å². The van der Waals surface area contributed by atoms with Gasteiger partial charge in [0.15, 0.2) is 0 Å². The third kappa shape index (κ3) is 2.07. The minimum atomic E-state index is 0.307. The summed E-state index contributed by atoms with van der Waals surface area (Å²) >= 11 is 0. The average Bonchev–Trinajstić information content (AvgIpc) is 2.03. The maximum Gasteiger partial charge on any atom is 0.149 e. The van der Waals surface area contributed by atoms with Crippen LogP contribution in [0.5, 0.6) is 0 Å². The van der Waals surface area contributed by atoms with E-state index in [9.17, 15) is 4.79 Å². The van der Waals surface area contributed by atoms with Crippen molar-refractivity contribution in [3.8, 4) is 0 Å². The third-order valence-electron chi connectivity index (χ3n) is 2.38. The van der Waals surface area contributed by atoms with Crippen LogP contribution in [0.15, 0.2) is 23.8 Å². The van der Waals surface area contributed by atoms with E-state index in [1.54, 1.807) is 0 Å². The van der Waals surface area contributed by atoms with Crippen molar-refractivity contribution in [3.05, 3.63) is 23.8 Å². The molecule has 0 radical (unpaired) electrons. The van der Waals surface area contributed by atoms with Crippen molar-refractivity contribution < 1.29 is 4.79 Å². The molecule has 0 amide bonds. The molecule has 0 aromatic heterocycles. The quantitative estimate of drug-likeness (QED) is 0.544. The molecule has 12 heavy (non-hydrogen) atoms. The molecule has 0 bridgehead atoms. The zero-order valence-electron chi connectivity index (χ0n) is 8.00. The molecule has 66 valence electrons. The van der Waals surface area contributed by atoms with Crippen molar-refractivity contribution in [2.45, 2.75) is 27.2 Å². The van der Waals surface area contributed by atoms with Crippen molar-refractivity contribution >= 4 is 6.29 Å². The van der Waals surface area contributed by atoms with Gasteiger partial charge in [-0.3, -0.25) is 4.79 Å².